The van der Waals surface area contributed by atoms with E-state index in [2.05, 4.69) is 5.32 Å². The topological polar surface area (TPSA) is 89.8 Å². The first kappa shape index (κ1) is 12.8. The van der Waals surface area contributed by atoms with E-state index >= 15 is 0 Å². The smallest absolute Gasteiger partial charge is 0.337 e. The van der Waals surface area contributed by atoms with Crippen LogP contribution in [0.15, 0.2) is 18.2 Å². The van der Waals surface area contributed by atoms with Crippen LogP contribution in [0.25, 0.3) is 0 Å². The van der Waals surface area contributed by atoms with Crippen molar-refractivity contribution in [2.45, 2.75) is 6.10 Å². The van der Waals surface area contributed by atoms with E-state index in [4.69, 9.17) is 26.9 Å². The van der Waals surface area contributed by atoms with Gasteiger partial charge in [0.25, 0.3) is 0 Å². The lowest BCUT2D eigenvalue weighted by molar-refractivity contribution is 0.0697. The van der Waals surface area contributed by atoms with E-state index in [0.29, 0.717) is 5.69 Å². The number of halogens is 1. The summed E-state index contributed by atoms with van der Waals surface area (Å²) in [6.07, 6.45) is -0.885. The lowest BCUT2D eigenvalue weighted by Gasteiger charge is -2.11. The Morgan fingerprint density at radius 1 is 1.50 bits per heavy atom. The maximum Gasteiger partial charge on any atom is 0.337 e. The van der Waals surface area contributed by atoms with Crippen molar-refractivity contribution in [2.75, 3.05) is 18.5 Å². The normalized spacial score (nSPS) is 12.2. The predicted octanol–water partition coefficient (Wildman–Crippen LogP) is 0.803. The first-order chi connectivity index (χ1) is 7.54. The summed E-state index contributed by atoms with van der Waals surface area (Å²) in [6, 6.07) is 4.42. The first-order valence-corrected chi connectivity index (χ1v) is 4.98. The Balaban J connectivity index is 2.75. The highest BCUT2D eigenvalue weighted by Gasteiger charge is 2.09. The van der Waals surface area contributed by atoms with Crippen molar-refractivity contribution >= 4 is 23.3 Å². The summed E-state index contributed by atoms with van der Waals surface area (Å²) in [5, 5.41) is 29.4. The number of nitrogens with one attached hydrogen (secondary N) is 1. The predicted molar refractivity (Wildman–Crippen MR) is 60.0 cm³/mol. The summed E-state index contributed by atoms with van der Waals surface area (Å²) < 4.78 is 0. The van der Waals surface area contributed by atoms with Crippen LogP contribution in [0.3, 0.4) is 0 Å². The van der Waals surface area contributed by atoms with E-state index in [1.165, 1.54) is 12.1 Å². The Kier molecular flexibility index (Phi) is 4.54. The van der Waals surface area contributed by atoms with Gasteiger partial charge in [-0.1, -0.05) is 11.6 Å². The maximum atomic E-state index is 10.8. The molecule has 6 heteroatoms. The number of benzene rings is 1. The number of hydrogen-bond acceptors (Lipinski definition) is 4. The summed E-state index contributed by atoms with van der Waals surface area (Å²) >= 11 is 5.68. The van der Waals surface area contributed by atoms with Gasteiger partial charge in [0.15, 0.2) is 0 Å². The van der Waals surface area contributed by atoms with Gasteiger partial charge in [0.1, 0.15) is 0 Å². The molecule has 16 heavy (non-hydrogen) atoms. The van der Waals surface area contributed by atoms with Gasteiger partial charge in [-0.05, 0) is 18.2 Å². The molecule has 0 bridgehead atoms. The zero-order chi connectivity index (χ0) is 12.1. The lowest BCUT2D eigenvalue weighted by Crippen LogP contribution is -2.23. The van der Waals surface area contributed by atoms with Crippen LogP contribution < -0.4 is 5.32 Å². The number of carboxylic acid groups (broad SMARTS) is 1. The summed E-state index contributed by atoms with van der Waals surface area (Å²) in [4.78, 5) is 10.8. The second-order valence-corrected chi connectivity index (χ2v) is 3.62. The highest BCUT2D eigenvalue weighted by molar-refractivity contribution is 6.33. The SMILES string of the molecule is O=C(O)c1cc(NCC(O)CO)ccc1Cl. The highest BCUT2D eigenvalue weighted by Crippen LogP contribution is 2.20. The van der Waals surface area contributed by atoms with Crippen LogP contribution in [0, 0.1) is 0 Å². The second kappa shape index (κ2) is 5.69. The van der Waals surface area contributed by atoms with E-state index in [1.54, 1.807) is 6.07 Å². The van der Waals surface area contributed by atoms with Gasteiger partial charge in [0.05, 0.1) is 23.3 Å². The highest BCUT2D eigenvalue weighted by atomic mass is 35.5. The number of aliphatic hydroxyl groups excluding tert-OH is 2. The fourth-order valence-corrected chi connectivity index (χ4v) is 1.30. The fraction of sp³-hybridized carbons (Fsp3) is 0.300. The van der Waals surface area contributed by atoms with Gasteiger partial charge in [-0.2, -0.15) is 0 Å². The average Bonchev–Trinajstić information content (AvgIpc) is 2.27. The van der Waals surface area contributed by atoms with E-state index in [9.17, 15) is 4.79 Å². The molecule has 0 spiro atoms. The summed E-state index contributed by atoms with van der Waals surface area (Å²) in [6.45, 7) is -0.219. The molecular formula is C10H12ClNO4. The molecule has 0 aliphatic rings. The van der Waals surface area contributed by atoms with Crippen LogP contribution in [-0.4, -0.2) is 40.5 Å². The van der Waals surface area contributed by atoms with Gasteiger partial charge in [0, 0.05) is 12.2 Å². The van der Waals surface area contributed by atoms with Crippen molar-refractivity contribution in [1.82, 2.24) is 0 Å². The van der Waals surface area contributed by atoms with E-state index < -0.39 is 12.1 Å². The van der Waals surface area contributed by atoms with Crippen LogP contribution in [0.2, 0.25) is 5.02 Å². The monoisotopic (exact) mass is 245 g/mol. The third-order valence-corrected chi connectivity index (χ3v) is 2.28. The molecule has 1 aromatic carbocycles. The largest absolute Gasteiger partial charge is 0.478 e. The number of aromatic carboxylic acids is 1. The number of aliphatic hydroxyl groups is 2. The van der Waals surface area contributed by atoms with Crippen LogP contribution in [0.1, 0.15) is 10.4 Å². The van der Waals surface area contributed by atoms with Crippen molar-refractivity contribution in [3.63, 3.8) is 0 Å². The van der Waals surface area contributed by atoms with Crippen molar-refractivity contribution in [2.24, 2.45) is 0 Å². The van der Waals surface area contributed by atoms with Gasteiger partial charge in [-0.15, -0.1) is 0 Å². The minimum Gasteiger partial charge on any atom is -0.478 e. The van der Waals surface area contributed by atoms with Gasteiger partial charge in [-0.3, -0.25) is 0 Å². The molecule has 5 nitrogen and oxygen atoms in total. The van der Waals surface area contributed by atoms with Crippen LogP contribution in [0.5, 0.6) is 0 Å². The van der Waals surface area contributed by atoms with E-state index in [0.717, 1.165) is 0 Å². The van der Waals surface area contributed by atoms with Crippen molar-refractivity contribution in [3.8, 4) is 0 Å². The Bertz CT molecular complexity index is 383. The molecule has 0 saturated heterocycles. The Labute approximate surface area is 97.3 Å². The molecule has 1 unspecified atom stereocenters. The van der Waals surface area contributed by atoms with Gasteiger partial charge >= 0.3 is 5.97 Å². The quantitative estimate of drug-likeness (QED) is 0.616. The zero-order valence-corrected chi connectivity index (χ0v) is 9.11. The van der Waals surface area contributed by atoms with Gasteiger partial charge in [-0.25, -0.2) is 4.79 Å². The first-order valence-electron chi connectivity index (χ1n) is 4.60. The molecule has 0 amide bonds. The van der Waals surface area contributed by atoms with E-state index in [1.807, 2.05) is 0 Å². The number of hydrogen-bond donors (Lipinski definition) is 4. The number of carboxylic acids is 1. The van der Waals surface area contributed by atoms with Crippen LogP contribution in [0.4, 0.5) is 5.69 Å². The standard InChI is InChI=1S/C10H12ClNO4/c11-9-2-1-6(3-8(9)10(15)16)12-4-7(14)5-13/h1-3,7,12-14H,4-5H2,(H,15,16). The third kappa shape index (κ3) is 3.37. The molecule has 88 valence electrons. The van der Waals surface area contributed by atoms with Crippen molar-refractivity contribution in [1.29, 1.82) is 0 Å². The molecule has 0 aliphatic carbocycles. The molecule has 1 rings (SSSR count). The molecule has 0 aromatic heterocycles. The van der Waals surface area contributed by atoms with Gasteiger partial charge in [0.2, 0.25) is 0 Å². The molecule has 0 radical (unpaired) electrons. The molecule has 0 aliphatic heterocycles. The van der Waals surface area contributed by atoms with Crippen molar-refractivity contribution in [3.05, 3.63) is 28.8 Å². The van der Waals surface area contributed by atoms with Crippen molar-refractivity contribution < 1.29 is 20.1 Å². The molecule has 4 N–H and O–H groups in total. The maximum absolute atomic E-state index is 10.8. The fourth-order valence-electron chi connectivity index (χ4n) is 1.10. The number of anilines is 1. The molecule has 1 aromatic rings. The average molecular weight is 246 g/mol. The second-order valence-electron chi connectivity index (χ2n) is 3.22. The Morgan fingerprint density at radius 2 is 2.19 bits per heavy atom. The zero-order valence-electron chi connectivity index (χ0n) is 8.35. The molecular weight excluding hydrogens is 234 g/mol. The number of rotatable bonds is 5. The minimum atomic E-state index is -1.11. The van der Waals surface area contributed by atoms with E-state index in [-0.39, 0.29) is 23.7 Å². The summed E-state index contributed by atoms with van der Waals surface area (Å²) in [5.41, 5.74) is 0.513. The molecule has 1 atom stereocenters. The minimum absolute atomic E-state index is 0.00912. The lowest BCUT2D eigenvalue weighted by atomic mass is 10.2. The van der Waals surface area contributed by atoms with Gasteiger partial charge < -0.3 is 20.6 Å². The third-order valence-electron chi connectivity index (χ3n) is 1.95. The Hall–Kier alpha value is -1.30. The van der Waals surface area contributed by atoms with Crippen LogP contribution >= 0.6 is 11.6 Å². The Morgan fingerprint density at radius 3 is 2.75 bits per heavy atom. The number of carbonyl (C=O) groups is 1. The summed E-state index contributed by atoms with van der Waals surface area (Å²) in [7, 11) is 0. The molecule has 0 heterocycles. The molecule has 0 fully saturated rings. The van der Waals surface area contributed by atoms with Crippen LogP contribution in [-0.2, 0) is 0 Å². The summed E-state index contributed by atoms with van der Waals surface area (Å²) in [5.74, 6) is -1.11. The molecule has 0 saturated carbocycles.